The van der Waals surface area contributed by atoms with Crippen LogP contribution in [0.1, 0.15) is 44.9 Å². The Morgan fingerprint density at radius 1 is 1.22 bits per heavy atom. The number of benzene rings is 1. The minimum Gasteiger partial charge on any atom is -0.473 e. The van der Waals surface area contributed by atoms with E-state index in [9.17, 15) is 42.0 Å². The molecular weight excluding hydrogens is 550 g/mol. The molecule has 1 saturated heterocycles. The number of nitrogens with zero attached hydrogens (tertiary/aromatic N) is 3. The van der Waals surface area contributed by atoms with Crippen molar-refractivity contribution >= 4 is 29.3 Å². The van der Waals surface area contributed by atoms with Crippen molar-refractivity contribution in [2.75, 3.05) is 18.9 Å². The van der Waals surface area contributed by atoms with Crippen LogP contribution in [0.2, 0.25) is 0 Å². The first kappa shape index (κ1) is 28.6. The summed E-state index contributed by atoms with van der Waals surface area (Å²) in [5, 5.41) is 14.3. The number of fused-ring (bicyclic) bond motifs is 1. The number of rotatable bonds is 8. The summed E-state index contributed by atoms with van der Waals surface area (Å²) in [5.74, 6) is -4.85. The number of nitrogens with one attached hydrogen (secondary N) is 2. The van der Waals surface area contributed by atoms with Crippen LogP contribution in [0.3, 0.4) is 0 Å². The summed E-state index contributed by atoms with van der Waals surface area (Å²) in [6.07, 6.45) is -2.17. The third-order valence-electron chi connectivity index (χ3n) is 8.15. The molecule has 2 aliphatic carbocycles. The minimum absolute atomic E-state index is 0.00690. The van der Waals surface area contributed by atoms with Crippen molar-refractivity contribution in [3.63, 3.8) is 0 Å². The van der Waals surface area contributed by atoms with E-state index < -0.39 is 59.3 Å². The van der Waals surface area contributed by atoms with Gasteiger partial charge in [-0.2, -0.15) is 18.4 Å². The third kappa shape index (κ3) is 5.94. The van der Waals surface area contributed by atoms with Gasteiger partial charge in [0, 0.05) is 19.5 Å². The van der Waals surface area contributed by atoms with Gasteiger partial charge in [-0.1, -0.05) is 25.7 Å². The number of alkyl halides is 3. The van der Waals surface area contributed by atoms with Gasteiger partial charge < -0.3 is 25.2 Å². The molecule has 0 aromatic heterocycles. The molecule has 2 N–H and O–H groups in total. The number of ether oxygens (including phenoxy) is 1. The van der Waals surface area contributed by atoms with Gasteiger partial charge in [-0.05, 0) is 36.8 Å². The summed E-state index contributed by atoms with van der Waals surface area (Å²) in [5.41, 5.74) is -1.45. The number of likely N-dealkylation sites (tertiary alicyclic amines) is 1. The molecule has 1 spiro atoms. The molecule has 1 aromatic carbocycles. The second-order valence-corrected chi connectivity index (χ2v) is 11.4. The number of hydrogen-bond donors (Lipinski definition) is 2. The van der Waals surface area contributed by atoms with E-state index in [0.29, 0.717) is 12.8 Å². The van der Waals surface area contributed by atoms with Crippen LogP contribution in [0, 0.1) is 29.0 Å². The van der Waals surface area contributed by atoms with Gasteiger partial charge in [0.05, 0.1) is 18.3 Å². The molecule has 14 heteroatoms. The Hall–Kier alpha value is -3.89. The highest BCUT2D eigenvalue weighted by atomic mass is 19.4. The highest BCUT2D eigenvalue weighted by molar-refractivity contribution is 6.02. The Labute approximate surface area is 233 Å². The molecule has 4 unspecified atom stereocenters. The zero-order chi connectivity index (χ0) is 29.7. The number of likely N-dealkylation sites (N-methyl/N-ethyl adjacent to an activating group) is 1. The molecule has 4 atom stereocenters. The Bertz CT molecular complexity index is 1310. The molecule has 41 heavy (non-hydrogen) atoms. The highest BCUT2D eigenvalue weighted by Crippen LogP contribution is 2.42. The molecule has 0 radical (unpaired) electrons. The van der Waals surface area contributed by atoms with Crippen LogP contribution in [0.4, 0.5) is 23.2 Å². The molecule has 3 fully saturated rings. The first-order valence-electron chi connectivity index (χ1n) is 13.5. The maximum atomic E-state index is 14.0. The molecule has 4 aliphatic rings. The highest BCUT2D eigenvalue weighted by Gasteiger charge is 2.56. The second kappa shape index (κ2) is 10.5. The molecule has 2 saturated carbocycles. The third-order valence-corrected chi connectivity index (χ3v) is 8.15. The Kier molecular flexibility index (Phi) is 7.33. The van der Waals surface area contributed by atoms with Crippen molar-refractivity contribution in [2.45, 2.75) is 74.8 Å². The first-order chi connectivity index (χ1) is 19.3. The summed E-state index contributed by atoms with van der Waals surface area (Å²) < 4.78 is 58.8. The average molecular weight is 580 g/mol. The van der Waals surface area contributed by atoms with Crippen LogP contribution >= 0.6 is 0 Å². The zero-order valence-corrected chi connectivity index (χ0v) is 22.2. The summed E-state index contributed by atoms with van der Waals surface area (Å²) >= 11 is 0. The van der Waals surface area contributed by atoms with Gasteiger partial charge >= 0.3 is 12.1 Å². The molecule has 4 amide bonds. The normalized spacial score (nSPS) is 24.9. The van der Waals surface area contributed by atoms with Gasteiger partial charge in [0.2, 0.25) is 17.4 Å². The predicted molar refractivity (Wildman–Crippen MR) is 133 cm³/mol. The van der Waals surface area contributed by atoms with E-state index in [1.165, 1.54) is 13.1 Å². The zero-order valence-electron chi connectivity index (χ0n) is 22.2. The fourth-order valence-corrected chi connectivity index (χ4v) is 5.47. The largest absolute Gasteiger partial charge is 0.473 e. The number of nitriles is 1. The summed E-state index contributed by atoms with van der Waals surface area (Å²) in [6, 6.07) is 1.80. The number of carbonyl (C=O) groups is 4. The van der Waals surface area contributed by atoms with Gasteiger partial charge in [-0.3, -0.25) is 19.2 Å². The van der Waals surface area contributed by atoms with Crippen molar-refractivity contribution in [2.24, 2.45) is 11.8 Å². The van der Waals surface area contributed by atoms with E-state index in [2.05, 4.69) is 5.32 Å². The Morgan fingerprint density at radius 2 is 1.88 bits per heavy atom. The smallest absolute Gasteiger partial charge is 0.471 e. The van der Waals surface area contributed by atoms with Gasteiger partial charge in [0.25, 0.3) is 5.91 Å². The summed E-state index contributed by atoms with van der Waals surface area (Å²) in [4.78, 5) is 54.4. The number of anilines is 1. The Morgan fingerprint density at radius 3 is 2.49 bits per heavy atom. The van der Waals surface area contributed by atoms with Crippen molar-refractivity contribution in [1.29, 1.82) is 5.26 Å². The van der Waals surface area contributed by atoms with E-state index in [-0.39, 0.29) is 49.1 Å². The van der Waals surface area contributed by atoms with Crippen LogP contribution < -0.4 is 15.4 Å². The molecule has 10 nitrogen and oxygen atoms in total. The quantitative estimate of drug-likeness (QED) is 0.455. The van der Waals surface area contributed by atoms with Gasteiger partial charge in [0.1, 0.15) is 29.7 Å². The lowest BCUT2D eigenvalue weighted by Gasteiger charge is -2.36. The molecule has 1 aromatic rings. The maximum absolute atomic E-state index is 14.0. The number of hydrogen-bond acceptors (Lipinski definition) is 6. The van der Waals surface area contributed by atoms with Crippen molar-refractivity contribution in [3.05, 3.63) is 24.0 Å². The molecule has 0 bridgehead atoms. The standard InChI is InChI=1S/C27H29F4N5O5/c1-35(22(37)19(8-14-2-3-14)34-25(40)27(29,30)31)20(9-15-4-5-15)23(38)36-13-26(11-17(36)12-32)24(39)33-18-7-6-16(28)10-21(18)41-26/h6-7,10,14-15,17,19-20H,2-5,8-9,11,13H2,1H3,(H,33,39)(H,34,40). The summed E-state index contributed by atoms with van der Waals surface area (Å²) in [7, 11) is 1.29. The molecular formula is C27H29F4N5O5. The van der Waals surface area contributed by atoms with E-state index in [1.54, 1.807) is 5.32 Å². The van der Waals surface area contributed by atoms with E-state index in [1.807, 2.05) is 6.07 Å². The van der Waals surface area contributed by atoms with E-state index in [0.717, 1.165) is 34.8 Å². The van der Waals surface area contributed by atoms with Crippen molar-refractivity contribution < 1.29 is 41.5 Å². The fraction of sp³-hybridized carbons (Fsp3) is 0.593. The molecule has 220 valence electrons. The minimum atomic E-state index is -5.18. The molecule has 2 aliphatic heterocycles. The Balaban J connectivity index is 1.38. The van der Waals surface area contributed by atoms with Crippen LogP contribution in [-0.2, 0) is 19.2 Å². The average Bonchev–Trinajstić information content (AvgIpc) is 3.85. The van der Waals surface area contributed by atoms with Crippen molar-refractivity contribution in [3.8, 4) is 11.8 Å². The predicted octanol–water partition coefficient (Wildman–Crippen LogP) is 2.49. The second-order valence-electron chi connectivity index (χ2n) is 11.4. The van der Waals surface area contributed by atoms with Gasteiger partial charge in [-0.25, -0.2) is 4.39 Å². The van der Waals surface area contributed by atoms with E-state index in [4.69, 9.17) is 4.74 Å². The lowest BCUT2D eigenvalue weighted by molar-refractivity contribution is -0.175. The molecule has 2 heterocycles. The lowest BCUT2D eigenvalue weighted by atomic mass is 9.97. The monoisotopic (exact) mass is 579 g/mol. The topological polar surface area (TPSA) is 132 Å². The van der Waals surface area contributed by atoms with Gasteiger partial charge in [-0.15, -0.1) is 0 Å². The van der Waals surface area contributed by atoms with Crippen LogP contribution in [0.15, 0.2) is 18.2 Å². The van der Waals surface area contributed by atoms with Crippen molar-refractivity contribution in [1.82, 2.24) is 15.1 Å². The van der Waals surface area contributed by atoms with Gasteiger partial charge in [0.15, 0.2) is 0 Å². The van der Waals surface area contributed by atoms with Crippen LogP contribution in [0.5, 0.6) is 5.75 Å². The van der Waals surface area contributed by atoms with Crippen LogP contribution in [-0.4, -0.2) is 76.9 Å². The maximum Gasteiger partial charge on any atom is 0.471 e. The SMILES string of the molecule is CN(C(=O)C(CC1CC1)NC(=O)C(F)(F)F)C(CC1CC1)C(=O)N1CC2(CC1C#N)Oc1cc(F)ccc1NC2=O. The summed E-state index contributed by atoms with van der Waals surface area (Å²) in [6.45, 7) is -0.356. The number of halogens is 4. The lowest BCUT2D eigenvalue weighted by Crippen LogP contribution is -2.58. The first-order valence-corrected chi connectivity index (χ1v) is 13.5. The van der Waals surface area contributed by atoms with Crippen LogP contribution in [0.25, 0.3) is 0 Å². The van der Waals surface area contributed by atoms with E-state index >= 15 is 0 Å². The number of carbonyl (C=O) groups excluding carboxylic acids is 4. The number of amides is 4. The fourth-order valence-electron chi connectivity index (χ4n) is 5.47. The molecule has 5 rings (SSSR count).